The highest BCUT2D eigenvalue weighted by atomic mass is 16.7. The molecule has 1 saturated carbocycles. The van der Waals surface area contributed by atoms with Gasteiger partial charge in [0.1, 0.15) is 0 Å². The zero-order valence-corrected chi connectivity index (χ0v) is 11.3. The Morgan fingerprint density at radius 1 is 1.18 bits per heavy atom. The average Bonchev–Trinajstić information content (AvgIpc) is 2.32. The van der Waals surface area contributed by atoms with E-state index in [1.54, 1.807) is 0 Å². The molecule has 1 saturated heterocycles. The molecule has 0 aromatic heterocycles. The third kappa shape index (κ3) is 4.11. The van der Waals surface area contributed by atoms with Crippen LogP contribution in [0.3, 0.4) is 0 Å². The molecule has 1 aliphatic carbocycles. The van der Waals surface area contributed by atoms with Crippen LogP contribution in [0.1, 0.15) is 58.8 Å². The Kier molecular flexibility index (Phi) is 5.05. The van der Waals surface area contributed by atoms with Crippen molar-refractivity contribution in [2.45, 2.75) is 71.2 Å². The van der Waals surface area contributed by atoms with Crippen molar-refractivity contribution in [2.75, 3.05) is 6.61 Å². The van der Waals surface area contributed by atoms with Crippen LogP contribution in [-0.4, -0.2) is 19.0 Å². The number of ether oxygens (including phenoxy) is 2. The predicted octanol–water partition coefficient (Wildman–Crippen LogP) is 4.05. The van der Waals surface area contributed by atoms with Gasteiger partial charge in [-0.3, -0.25) is 0 Å². The van der Waals surface area contributed by atoms with Crippen LogP contribution >= 0.6 is 0 Å². The Hall–Kier alpha value is -0.340. The maximum Gasteiger partial charge on any atom is 0.158 e. The summed E-state index contributed by atoms with van der Waals surface area (Å²) in [5.74, 6) is 0.626. The maximum absolute atomic E-state index is 6.16. The van der Waals surface area contributed by atoms with Gasteiger partial charge in [-0.15, -0.1) is 0 Å². The quantitative estimate of drug-likeness (QED) is 0.690. The van der Waals surface area contributed by atoms with E-state index in [2.05, 4.69) is 19.9 Å². The highest BCUT2D eigenvalue weighted by Crippen LogP contribution is 2.29. The van der Waals surface area contributed by atoms with Gasteiger partial charge in [-0.2, -0.15) is 0 Å². The second-order valence-corrected chi connectivity index (χ2v) is 5.65. The van der Waals surface area contributed by atoms with Crippen LogP contribution in [0.2, 0.25) is 0 Å². The first kappa shape index (κ1) is 13.1. The number of rotatable bonds is 3. The van der Waals surface area contributed by atoms with Crippen LogP contribution in [-0.2, 0) is 9.47 Å². The highest BCUT2D eigenvalue weighted by molar-refractivity contribution is 5.12. The first-order valence-electron chi connectivity index (χ1n) is 7.23. The van der Waals surface area contributed by atoms with Crippen molar-refractivity contribution in [1.29, 1.82) is 0 Å². The van der Waals surface area contributed by atoms with Crippen molar-refractivity contribution in [3.05, 3.63) is 11.6 Å². The molecule has 2 fully saturated rings. The third-order valence-corrected chi connectivity index (χ3v) is 3.60. The topological polar surface area (TPSA) is 18.5 Å². The zero-order valence-electron chi connectivity index (χ0n) is 11.3. The molecule has 1 aliphatic heterocycles. The average molecular weight is 238 g/mol. The summed E-state index contributed by atoms with van der Waals surface area (Å²) in [7, 11) is 0. The first-order valence-corrected chi connectivity index (χ1v) is 7.23. The number of hydrogen-bond acceptors (Lipinski definition) is 2. The molecule has 2 heteroatoms. The second kappa shape index (κ2) is 6.55. The summed E-state index contributed by atoms with van der Waals surface area (Å²) in [4.78, 5) is 0. The molecule has 2 rings (SSSR count). The number of hydrogen-bond donors (Lipinski definition) is 0. The van der Waals surface area contributed by atoms with Crippen LogP contribution in [0.25, 0.3) is 0 Å². The third-order valence-electron chi connectivity index (χ3n) is 3.60. The SMILES string of the molecule is CC(C)/C=C1/CCCC[C@@H]1O[C@@H]1CCCCO1. The molecule has 1 heterocycles. The van der Waals surface area contributed by atoms with E-state index in [4.69, 9.17) is 9.47 Å². The Morgan fingerprint density at radius 3 is 2.71 bits per heavy atom. The fourth-order valence-electron chi connectivity index (χ4n) is 2.78. The summed E-state index contributed by atoms with van der Waals surface area (Å²) in [5.41, 5.74) is 1.51. The first-order chi connectivity index (χ1) is 8.25. The Morgan fingerprint density at radius 2 is 2.00 bits per heavy atom. The lowest BCUT2D eigenvalue weighted by molar-refractivity contribution is -0.183. The number of allylic oxidation sites excluding steroid dienone is 1. The fourth-order valence-corrected chi connectivity index (χ4v) is 2.78. The molecule has 0 amide bonds. The summed E-state index contributed by atoms with van der Waals surface area (Å²) in [6.07, 6.45) is 11.3. The van der Waals surface area contributed by atoms with Gasteiger partial charge in [0.25, 0.3) is 0 Å². The van der Waals surface area contributed by atoms with Crippen molar-refractivity contribution in [1.82, 2.24) is 0 Å². The minimum absolute atomic E-state index is 0.0578. The van der Waals surface area contributed by atoms with Crippen molar-refractivity contribution >= 4 is 0 Å². The van der Waals surface area contributed by atoms with Gasteiger partial charge < -0.3 is 9.47 Å². The Bertz CT molecular complexity index is 252. The van der Waals surface area contributed by atoms with Crippen LogP contribution in [0.15, 0.2) is 11.6 Å². The van der Waals surface area contributed by atoms with Gasteiger partial charge in [-0.05, 0) is 50.0 Å². The lowest BCUT2D eigenvalue weighted by Gasteiger charge is -2.32. The van der Waals surface area contributed by atoms with Crippen molar-refractivity contribution < 1.29 is 9.47 Å². The summed E-state index contributed by atoms with van der Waals surface area (Å²) < 4.78 is 11.8. The van der Waals surface area contributed by atoms with E-state index in [9.17, 15) is 0 Å². The zero-order chi connectivity index (χ0) is 12.1. The minimum Gasteiger partial charge on any atom is -0.353 e. The molecule has 17 heavy (non-hydrogen) atoms. The smallest absolute Gasteiger partial charge is 0.158 e. The molecule has 0 unspecified atom stereocenters. The van der Waals surface area contributed by atoms with Crippen LogP contribution < -0.4 is 0 Å². The highest BCUT2D eigenvalue weighted by Gasteiger charge is 2.24. The summed E-state index contributed by atoms with van der Waals surface area (Å²) >= 11 is 0. The molecule has 0 bridgehead atoms. The van der Waals surface area contributed by atoms with E-state index in [1.165, 1.54) is 44.1 Å². The summed E-state index contributed by atoms with van der Waals surface area (Å²) in [5, 5.41) is 0. The van der Waals surface area contributed by atoms with Gasteiger partial charge in [0.05, 0.1) is 6.10 Å². The van der Waals surface area contributed by atoms with Gasteiger partial charge in [0.15, 0.2) is 6.29 Å². The maximum atomic E-state index is 6.16. The lowest BCUT2D eigenvalue weighted by Crippen LogP contribution is -2.30. The van der Waals surface area contributed by atoms with E-state index in [-0.39, 0.29) is 6.29 Å². The Labute approximate surface area is 105 Å². The molecule has 0 spiro atoms. The van der Waals surface area contributed by atoms with Crippen LogP contribution in [0.4, 0.5) is 0 Å². The van der Waals surface area contributed by atoms with Gasteiger partial charge in [0, 0.05) is 6.61 Å². The molecule has 0 aromatic rings. The fraction of sp³-hybridized carbons (Fsp3) is 0.867. The molecular weight excluding hydrogens is 212 g/mol. The summed E-state index contributed by atoms with van der Waals surface area (Å²) in [6, 6.07) is 0. The minimum atomic E-state index is 0.0578. The molecule has 0 N–H and O–H groups in total. The van der Waals surface area contributed by atoms with E-state index in [0.717, 1.165) is 13.0 Å². The van der Waals surface area contributed by atoms with Crippen molar-refractivity contribution in [3.63, 3.8) is 0 Å². The monoisotopic (exact) mass is 238 g/mol. The van der Waals surface area contributed by atoms with Crippen LogP contribution in [0, 0.1) is 5.92 Å². The molecule has 2 atom stereocenters. The second-order valence-electron chi connectivity index (χ2n) is 5.65. The Balaban J connectivity index is 1.91. The molecule has 0 radical (unpaired) electrons. The van der Waals surface area contributed by atoms with Gasteiger partial charge >= 0.3 is 0 Å². The largest absolute Gasteiger partial charge is 0.353 e. The van der Waals surface area contributed by atoms with Gasteiger partial charge in [0.2, 0.25) is 0 Å². The van der Waals surface area contributed by atoms with E-state index < -0.39 is 0 Å². The van der Waals surface area contributed by atoms with Gasteiger partial charge in [-0.25, -0.2) is 0 Å². The van der Waals surface area contributed by atoms with E-state index in [0.29, 0.717) is 12.0 Å². The molecule has 2 aliphatic rings. The summed E-state index contributed by atoms with van der Waals surface area (Å²) in [6.45, 7) is 5.37. The van der Waals surface area contributed by atoms with E-state index in [1.807, 2.05) is 0 Å². The van der Waals surface area contributed by atoms with Crippen molar-refractivity contribution in [3.8, 4) is 0 Å². The van der Waals surface area contributed by atoms with Crippen LogP contribution in [0.5, 0.6) is 0 Å². The molecule has 0 aromatic carbocycles. The lowest BCUT2D eigenvalue weighted by atomic mass is 9.90. The van der Waals surface area contributed by atoms with Gasteiger partial charge in [-0.1, -0.05) is 26.3 Å². The molecule has 2 nitrogen and oxygen atoms in total. The molecular formula is C15H26O2. The standard InChI is InChI=1S/C15H26O2/c1-12(2)11-13-7-3-4-8-14(13)17-15-9-5-6-10-16-15/h11-12,14-15H,3-10H2,1-2H3/b13-11-/t14-,15+/m0/s1. The van der Waals surface area contributed by atoms with Crippen molar-refractivity contribution in [2.24, 2.45) is 5.92 Å². The normalized spacial score (nSPS) is 33.2. The predicted molar refractivity (Wildman–Crippen MR) is 69.9 cm³/mol. The molecule has 98 valence electrons. The van der Waals surface area contributed by atoms with E-state index >= 15 is 0 Å².